The highest BCUT2D eigenvalue weighted by Crippen LogP contribution is 2.34. The van der Waals surface area contributed by atoms with Gasteiger partial charge < -0.3 is 10.2 Å². The molecule has 18 heavy (non-hydrogen) atoms. The Kier molecular flexibility index (Phi) is 3.80. The molecule has 1 aliphatic rings. The summed E-state index contributed by atoms with van der Waals surface area (Å²) in [7, 11) is 1.84. The number of anilines is 1. The SMILES string of the molecule is CNCc1ccc(N(CC(F)(F)F)C2CC2)cc1. The topological polar surface area (TPSA) is 15.3 Å². The highest BCUT2D eigenvalue weighted by molar-refractivity contribution is 5.50. The summed E-state index contributed by atoms with van der Waals surface area (Å²) in [5.41, 5.74) is 1.73. The maximum Gasteiger partial charge on any atom is 0.405 e. The molecule has 1 N–H and O–H groups in total. The Morgan fingerprint density at radius 1 is 1.22 bits per heavy atom. The summed E-state index contributed by atoms with van der Waals surface area (Å²) >= 11 is 0. The van der Waals surface area contributed by atoms with Crippen LogP contribution in [0.1, 0.15) is 18.4 Å². The summed E-state index contributed by atoms with van der Waals surface area (Å²) in [6.45, 7) is -0.133. The first kappa shape index (κ1) is 13.2. The average molecular weight is 258 g/mol. The third-order valence-electron chi connectivity index (χ3n) is 2.99. The summed E-state index contributed by atoms with van der Waals surface area (Å²) in [6.07, 6.45) is -2.44. The minimum absolute atomic E-state index is 0.0572. The highest BCUT2D eigenvalue weighted by atomic mass is 19.4. The van der Waals surface area contributed by atoms with Crippen LogP contribution in [0, 0.1) is 0 Å². The molecule has 0 saturated heterocycles. The molecule has 5 heteroatoms. The standard InChI is InChI=1S/C13H17F3N2/c1-17-8-10-2-4-11(5-3-10)18(12-6-7-12)9-13(14,15)16/h2-5,12,17H,6-9H2,1H3. The van der Waals surface area contributed by atoms with E-state index in [4.69, 9.17) is 0 Å². The molecule has 1 fully saturated rings. The Bertz CT molecular complexity index is 382. The molecule has 0 aromatic heterocycles. The van der Waals surface area contributed by atoms with Crippen LogP contribution in [-0.2, 0) is 6.54 Å². The molecule has 0 unspecified atom stereocenters. The van der Waals surface area contributed by atoms with Crippen LogP contribution in [0.2, 0.25) is 0 Å². The molecule has 100 valence electrons. The Morgan fingerprint density at radius 2 is 1.83 bits per heavy atom. The summed E-state index contributed by atoms with van der Waals surface area (Å²) in [5.74, 6) is 0. The molecular formula is C13H17F3N2. The lowest BCUT2D eigenvalue weighted by molar-refractivity contribution is -0.120. The number of halogens is 3. The van der Waals surface area contributed by atoms with E-state index in [-0.39, 0.29) is 6.04 Å². The molecule has 0 heterocycles. The van der Waals surface area contributed by atoms with E-state index in [1.165, 1.54) is 4.90 Å². The summed E-state index contributed by atoms with van der Waals surface area (Å²) in [4.78, 5) is 1.46. The first-order valence-corrected chi connectivity index (χ1v) is 6.06. The highest BCUT2D eigenvalue weighted by Gasteiger charge is 2.38. The molecular weight excluding hydrogens is 241 g/mol. The number of nitrogens with one attached hydrogen (secondary N) is 1. The molecule has 0 atom stereocenters. The van der Waals surface area contributed by atoms with Gasteiger partial charge in [-0.25, -0.2) is 0 Å². The molecule has 0 bridgehead atoms. The molecule has 1 aromatic rings. The lowest BCUT2D eigenvalue weighted by Crippen LogP contribution is -2.35. The summed E-state index contributed by atoms with van der Waals surface area (Å²) in [5, 5.41) is 3.01. The third kappa shape index (κ3) is 3.63. The number of hydrogen-bond donors (Lipinski definition) is 1. The maximum absolute atomic E-state index is 12.5. The van der Waals surface area contributed by atoms with Gasteiger partial charge in [0.15, 0.2) is 0 Å². The predicted molar refractivity (Wildman–Crippen MR) is 65.6 cm³/mol. The minimum Gasteiger partial charge on any atom is -0.360 e. The molecule has 0 spiro atoms. The van der Waals surface area contributed by atoms with Crippen LogP contribution in [0.25, 0.3) is 0 Å². The zero-order chi connectivity index (χ0) is 13.2. The van der Waals surface area contributed by atoms with E-state index < -0.39 is 12.7 Å². The number of rotatable bonds is 5. The fourth-order valence-corrected chi connectivity index (χ4v) is 2.02. The molecule has 0 aliphatic heterocycles. The fraction of sp³-hybridized carbons (Fsp3) is 0.538. The quantitative estimate of drug-likeness (QED) is 0.873. The van der Waals surface area contributed by atoms with Crippen LogP contribution >= 0.6 is 0 Å². The van der Waals surface area contributed by atoms with Crippen LogP contribution in [-0.4, -0.2) is 25.8 Å². The Morgan fingerprint density at radius 3 is 2.28 bits per heavy atom. The van der Waals surface area contributed by atoms with Crippen LogP contribution in [0.4, 0.5) is 18.9 Å². The molecule has 2 rings (SSSR count). The van der Waals surface area contributed by atoms with Gasteiger partial charge in [-0.1, -0.05) is 12.1 Å². The number of hydrogen-bond acceptors (Lipinski definition) is 2. The van der Waals surface area contributed by atoms with E-state index in [0.29, 0.717) is 5.69 Å². The van der Waals surface area contributed by atoms with Crippen molar-refractivity contribution in [3.63, 3.8) is 0 Å². The van der Waals surface area contributed by atoms with Gasteiger partial charge in [-0.3, -0.25) is 0 Å². The predicted octanol–water partition coefficient (Wildman–Crippen LogP) is 2.94. The fourth-order valence-electron chi connectivity index (χ4n) is 2.02. The van der Waals surface area contributed by atoms with E-state index >= 15 is 0 Å². The maximum atomic E-state index is 12.5. The van der Waals surface area contributed by atoms with Gasteiger partial charge in [0, 0.05) is 18.3 Å². The molecule has 2 nitrogen and oxygen atoms in total. The lowest BCUT2D eigenvalue weighted by atomic mass is 10.2. The largest absolute Gasteiger partial charge is 0.405 e. The van der Waals surface area contributed by atoms with Crippen molar-refractivity contribution in [2.75, 3.05) is 18.5 Å². The Balaban J connectivity index is 2.10. The van der Waals surface area contributed by atoms with Gasteiger partial charge in [-0.05, 0) is 37.6 Å². The lowest BCUT2D eigenvalue weighted by Gasteiger charge is -2.26. The van der Waals surface area contributed by atoms with Crippen molar-refractivity contribution in [1.29, 1.82) is 0 Å². The first-order chi connectivity index (χ1) is 8.49. The van der Waals surface area contributed by atoms with Crippen LogP contribution in [0.5, 0.6) is 0 Å². The third-order valence-corrected chi connectivity index (χ3v) is 2.99. The van der Waals surface area contributed by atoms with E-state index in [1.807, 2.05) is 19.2 Å². The summed E-state index contributed by atoms with van der Waals surface area (Å²) < 4.78 is 37.6. The van der Waals surface area contributed by atoms with Crippen LogP contribution in [0.3, 0.4) is 0 Å². The van der Waals surface area contributed by atoms with Gasteiger partial charge in [0.2, 0.25) is 0 Å². The number of benzene rings is 1. The molecule has 0 radical (unpaired) electrons. The smallest absolute Gasteiger partial charge is 0.360 e. The van der Waals surface area contributed by atoms with Crippen molar-refractivity contribution in [3.05, 3.63) is 29.8 Å². The first-order valence-electron chi connectivity index (χ1n) is 6.06. The Labute approximate surface area is 105 Å². The second-order valence-corrected chi connectivity index (χ2v) is 4.67. The molecule has 1 aliphatic carbocycles. The molecule has 0 amide bonds. The van der Waals surface area contributed by atoms with Gasteiger partial charge in [-0.15, -0.1) is 0 Å². The summed E-state index contributed by atoms with van der Waals surface area (Å²) in [6, 6.07) is 7.35. The normalized spacial score (nSPS) is 15.8. The van der Waals surface area contributed by atoms with Crippen LogP contribution < -0.4 is 10.2 Å². The van der Waals surface area contributed by atoms with Gasteiger partial charge in [0.25, 0.3) is 0 Å². The molecule has 1 aromatic carbocycles. The van der Waals surface area contributed by atoms with Crippen molar-refractivity contribution in [2.24, 2.45) is 0 Å². The van der Waals surface area contributed by atoms with Crippen molar-refractivity contribution < 1.29 is 13.2 Å². The van der Waals surface area contributed by atoms with Crippen molar-refractivity contribution in [2.45, 2.75) is 31.6 Å². The number of nitrogens with zero attached hydrogens (tertiary/aromatic N) is 1. The second kappa shape index (κ2) is 5.18. The van der Waals surface area contributed by atoms with Gasteiger partial charge in [0.1, 0.15) is 6.54 Å². The Hall–Kier alpha value is -1.23. The number of alkyl halides is 3. The monoisotopic (exact) mass is 258 g/mol. The molecule has 1 saturated carbocycles. The van der Waals surface area contributed by atoms with Gasteiger partial charge >= 0.3 is 6.18 Å². The average Bonchev–Trinajstić information content (AvgIpc) is 3.10. The van der Waals surface area contributed by atoms with Crippen molar-refractivity contribution >= 4 is 5.69 Å². The van der Waals surface area contributed by atoms with Crippen molar-refractivity contribution in [3.8, 4) is 0 Å². The van der Waals surface area contributed by atoms with E-state index in [2.05, 4.69) is 5.32 Å². The zero-order valence-electron chi connectivity index (χ0n) is 10.3. The minimum atomic E-state index is -4.15. The van der Waals surface area contributed by atoms with E-state index in [9.17, 15) is 13.2 Å². The van der Waals surface area contributed by atoms with E-state index in [1.54, 1.807) is 12.1 Å². The second-order valence-electron chi connectivity index (χ2n) is 4.67. The van der Waals surface area contributed by atoms with Gasteiger partial charge in [0.05, 0.1) is 0 Å². The van der Waals surface area contributed by atoms with E-state index in [0.717, 1.165) is 24.9 Å². The van der Waals surface area contributed by atoms with Gasteiger partial charge in [-0.2, -0.15) is 13.2 Å². The van der Waals surface area contributed by atoms with Crippen molar-refractivity contribution in [1.82, 2.24) is 5.32 Å². The van der Waals surface area contributed by atoms with Crippen LogP contribution in [0.15, 0.2) is 24.3 Å². The zero-order valence-corrected chi connectivity index (χ0v) is 10.3.